The van der Waals surface area contributed by atoms with Crippen LogP contribution >= 0.6 is 0 Å². The Morgan fingerprint density at radius 3 is 2.20 bits per heavy atom. The number of ether oxygens (including phenoxy) is 1. The fourth-order valence-corrected chi connectivity index (χ4v) is 3.08. The molecule has 0 saturated carbocycles. The Kier molecular flexibility index (Phi) is 6.81. The summed E-state index contributed by atoms with van der Waals surface area (Å²) in [5.74, 6) is -0.183. The van der Waals surface area contributed by atoms with Crippen molar-refractivity contribution in [3.8, 4) is 5.88 Å². The third-order valence-electron chi connectivity index (χ3n) is 4.81. The molecule has 8 heteroatoms. The van der Waals surface area contributed by atoms with Crippen LogP contribution in [0, 0.1) is 12.3 Å². The minimum absolute atomic E-state index is 0.128. The first kappa shape index (κ1) is 23.7. The molecule has 0 aliphatic carbocycles. The third-order valence-corrected chi connectivity index (χ3v) is 4.81. The number of halogens is 3. The number of amides is 1. The van der Waals surface area contributed by atoms with Crippen molar-refractivity contribution in [2.45, 2.75) is 53.3 Å². The van der Waals surface area contributed by atoms with Gasteiger partial charge in [0.25, 0.3) is 0 Å². The number of aryl methyl sites for hydroxylation is 1. The molecular formula is C22H27F3N2O3. The van der Waals surface area contributed by atoms with Gasteiger partial charge in [0.2, 0.25) is 11.8 Å². The highest BCUT2D eigenvalue weighted by molar-refractivity contribution is 5.96. The SMILES string of the molecule is CCc1c(C)nc(OC)c(NC(=O)C(C)(C)C)c1C(O)c1ccc(C(F)(F)F)cc1. The lowest BCUT2D eigenvalue weighted by atomic mass is 9.91. The number of benzene rings is 1. The molecule has 1 aromatic heterocycles. The lowest BCUT2D eigenvalue weighted by Gasteiger charge is -2.25. The molecule has 0 spiro atoms. The zero-order valence-electron chi connectivity index (χ0n) is 17.9. The molecule has 0 aliphatic heterocycles. The highest BCUT2D eigenvalue weighted by atomic mass is 19.4. The number of aromatic nitrogens is 1. The second-order valence-electron chi connectivity index (χ2n) is 8.05. The largest absolute Gasteiger partial charge is 0.479 e. The average Bonchev–Trinajstić information content (AvgIpc) is 2.66. The number of hydrogen-bond acceptors (Lipinski definition) is 4. The number of hydrogen-bond donors (Lipinski definition) is 2. The first-order valence-electron chi connectivity index (χ1n) is 9.55. The van der Waals surface area contributed by atoms with Gasteiger partial charge in [-0.1, -0.05) is 39.8 Å². The first-order chi connectivity index (χ1) is 13.8. The second-order valence-corrected chi connectivity index (χ2v) is 8.05. The summed E-state index contributed by atoms with van der Waals surface area (Å²) in [7, 11) is 1.40. The van der Waals surface area contributed by atoms with Crippen LogP contribution in [0.25, 0.3) is 0 Å². The van der Waals surface area contributed by atoms with Gasteiger partial charge < -0.3 is 15.2 Å². The number of carbonyl (C=O) groups excluding carboxylic acids is 1. The van der Waals surface area contributed by atoms with E-state index in [9.17, 15) is 23.1 Å². The number of pyridine rings is 1. The first-order valence-corrected chi connectivity index (χ1v) is 9.55. The van der Waals surface area contributed by atoms with E-state index in [4.69, 9.17) is 4.74 Å². The van der Waals surface area contributed by atoms with Gasteiger partial charge in [0, 0.05) is 16.7 Å². The van der Waals surface area contributed by atoms with Crippen molar-refractivity contribution >= 4 is 11.6 Å². The Morgan fingerprint density at radius 1 is 1.20 bits per heavy atom. The van der Waals surface area contributed by atoms with Crippen molar-refractivity contribution in [1.82, 2.24) is 4.98 Å². The van der Waals surface area contributed by atoms with Crippen LogP contribution in [0.15, 0.2) is 24.3 Å². The fraction of sp³-hybridized carbons (Fsp3) is 0.455. The van der Waals surface area contributed by atoms with Crippen LogP contribution in [0.1, 0.15) is 61.7 Å². The molecule has 0 fully saturated rings. The Hall–Kier alpha value is -2.61. The minimum Gasteiger partial charge on any atom is -0.479 e. The van der Waals surface area contributed by atoms with Crippen LogP contribution in [0.2, 0.25) is 0 Å². The van der Waals surface area contributed by atoms with Crippen molar-refractivity contribution in [2.24, 2.45) is 5.41 Å². The van der Waals surface area contributed by atoms with Crippen molar-refractivity contribution in [2.75, 3.05) is 12.4 Å². The molecule has 2 rings (SSSR count). The van der Waals surface area contributed by atoms with Gasteiger partial charge in [-0.3, -0.25) is 4.79 Å². The predicted octanol–water partition coefficient (Wildman–Crippen LogP) is 5.05. The summed E-state index contributed by atoms with van der Waals surface area (Å²) in [4.78, 5) is 17.0. The molecule has 2 N–H and O–H groups in total. The average molecular weight is 424 g/mol. The Bertz CT molecular complexity index is 917. The van der Waals surface area contributed by atoms with Gasteiger partial charge in [0.1, 0.15) is 11.8 Å². The molecule has 1 atom stereocenters. The maximum Gasteiger partial charge on any atom is 0.416 e. The molecule has 1 amide bonds. The van der Waals surface area contributed by atoms with Gasteiger partial charge in [-0.2, -0.15) is 13.2 Å². The molecule has 164 valence electrons. The van der Waals surface area contributed by atoms with Crippen molar-refractivity contribution in [3.05, 3.63) is 52.2 Å². The van der Waals surface area contributed by atoms with Crippen molar-refractivity contribution in [1.29, 1.82) is 0 Å². The van der Waals surface area contributed by atoms with Crippen LogP contribution in [0.3, 0.4) is 0 Å². The molecule has 0 bridgehead atoms. The number of aliphatic hydroxyl groups is 1. The van der Waals surface area contributed by atoms with Crippen molar-refractivity contribution in [3.63, 3.8) is 0 Å². The van der Waals surface area contributed by atoms with E-state index in [-0.39, 0.29) is 23.0 Å². The van der Waals surface area contributed by atoms with E-state index in [1.807, 2.05) is 6.92 Å². The molecule has 1 heterocycles. The van der Waals surface area contributed by atoms with E-state index in [0.29, 0.717) is 23.2 Å². The quantitative estimate of drug-likeness (QED) is 0.705. The molecule has 0 radical (unpaired) electrons. The monoisotopic (exact) mass is 424 g/mol. The van der Waals surface area contributed by atoms with E-state index >= 15 is 0 Å². The number of carbonyl (C=O) groups is 1. The molecule has 1 unspecified atom stereocenters. The number of anilines is 1. The van der Waals surface area contributed by atoms with Gasteiger partial charge in [-0.05, 0) is 36.6 Å². The number of nitrogens with zero attached hydrogens (tertiary/aromatic N) is 1. The Balaban J connectivity index is 2.66. The van der Waals surface area contributed by atoms with Gasteiger partial charge in [0.15, 0.2) is 0 Å². The number of aliphatic hydroxyl groups excluding tert-OH is 1. The highest BCUT2D eigenvalue weighted by Gasteiger charge is 2.32. The van der Waals surface area contributed by atoms with Gasteiger partial charge in [-0.15, -0.1) is 0 Å². The minimum atomic E-state index is -4.47. The van der Waals surface area contributed by atoms with Gasteiger partial charge in [-0.25, -0.2) is 4.98 Å². The Labute approximate surface area is 174 Å². The standard InChI is InChI=1S/C22H27F3N2O3/c1-7-15-12(2)26-19(30-6)17(27-20(29)21(3,4)5)16(15)18(28)13-8-10-14(11-9-13)22(23,24)25/h8-11,18,28H,7H2,1-6H3,(H,27,29). The maximum atomic E-state index is 12.9. The Morgan fingerprint density at radius 2 is 1.77 bits per heavy atom. The molecule has 0 saturated heterocycles. The second kappa shape index (κ2) is 8.63. The smallest absolute Gasteiger partial charge is 0.416 e. The fourth-order valence-electron chi connectivity index (χ4n) is 3.08. The number of rotatable bonds is 5. The van der Waals surface area contributed by atoms with Crippen LogP contribution in [-0.4, -0.2) is 23.1 Å². The lowest BCUT2D eigenvalue weighted by Crippen LogP contribution is -2.29. The van der Waals surface area contributed by atoms with E-state index in [2.05, 4.69) is 10.3 Å². The molecule has 1 aromatic carbocycles. The number of methoxy groups -OCH3 is 1. The molecule has 5 nitrogen and oxygen atoms in total. The maximum absolute atomic E-state index is 12.9. The van der Waals surface area contributed by atoms with E-state index < -0.39 is 23.3 Å². The third kappa shape index (κ3) is 4.92. The summed E-state index contributed by atoms with van der Waals surface area (Å²) < 4.78 is 44.0. The summed E-state index contributed by atoms with van der Waals surface area (Å²) in [5.41, 5.74) is 0.595. The number of alkyl halides is 3. The van der Waals surface area contributed by atoms with Crippen LogP contribution in [0.5, 0.6) is 5.88 Å². The van der Waals surface area contributed by atoms with Crippen LogP contribution in [-0.2, 0) is 17.4 Å². The molecule has 30 heavy (non-hydrogen) atoms. The normalized spacial score (nSPS) is 13.1. The molecule has 0 aliphatic rings. The summed E-state index contributed by atoms with van der Waals surface area (Å²) in [6.45, 7) is 8.84. The summed E-state index contributed by atoms with van der Waals surface area (Å²) in [6.07, 6.45) is -5.26. The highest BCUT2D eigenvalue weighted by Crippen LogP contribution is 2.40. The van der Waals surface area contributed by atoms with E-state index in [1.165, 1.54) is 19.2 Å². The summed E-state index contributed by atoms with van der Waals surface area (Å²) in [6, 6.07) is 4.29. The lowest BCUT2D eigenvalue weighted by molar-refractivity contribution is -0.137. The molecule has 2 aromatic rings. The van der Waals surface area contributed by atoms with Crippen LogP contribution < -0.4 is 10.1 Å². The summed E-state index contributed by atoms with van der Waals surface area (Å²) in [5, 5.41) is 13.9. The van der Waals surface area contributed by atoms with Crippen molar-refractivity contribution < 1.29 is 27.8 Å². The van der Waals surface area contributed by atoms with E-state index in [0.717, 1.165) is 12.1 Å². The number of nitrogens with one attached hydrogen (secondary N) is 1. The zero-order valence-corrected chi connectivity index (χ0v) is 17.9. The molecular weight excluding hydrogens is 397 g/mol. The van der Waals surface area contributed by atoms with E-state index in [1.54, 1.807) is 27.7 Å². The van der Waals surface area contributed by atoms with Gasteiger partial charge >= 0.3 is 6.18 Å². The summed E-state index contributed by atoms with van der Waals surface area (Å²) >= 11 is 0. The van der Waals surface area contributed by atoms with Crippen LogP contribution in [0.4, 0.5) is 18.9 Å². The topological polar surface area (TPSA) is 71.5 Å². The zero-order chi connectivity index (χ0) is 22.9. The predicted molar refractivity (Wildman–Crippen MR) is 108 cm³/mol. The van der Waals surface area contributed by atoms with Gasteiger partial charge in [0.05, 0.1) is 12.7 Å².